The van der Waals surface area contributed by atoms with Crippen LogP contribution in [-0.4, -0.2) is 39.6 Å². The fourth-order valence-electron chi connectivity index (χ4n) is 2.21. The average molecular weight is 368 g/mol. The van der Waals surface area contributed by atoms with Crippen molar-refractivity contribution in [2.75, 3.05) is 34.0 Å². The molecule has 0 fully saturated rings. The molecule has 0 atom stereocenters. The maximum Gasteiger partial charge on any atom is 1.00 e. The second-order valence-electron chi connectivity index (χ2n) is 4.99. The Labute approximate surface area is 168 Å². The molecule has 134 valence electrons. The first-order valence-electron chi connectivity index (χ1n) is 7.97. The third kappa shape index (κ3) is 6.34. The second-order valence-corrected chi connectivity index (χ2v) is 6.14. The third-order valence-electron chi connectivity index (χ3n) is 3.41. The number of hydrogen-bond acceptors (Lipinski definition) is 5. The van der Waals surface area contributed by atoms with Crippen molar-refractivity contribution in [3.8, 4) is 17.2 Å². The molecule has 0 N–H and O–H groups in total. The maximum absolute atomic E-state index is 12.7. The van der Waals surface area contributed by atoms with Gasteiger partial charge in [0, 0.05) is 12.1 Å². The van der Waals surface area contributed by atoms with E-state index in [-0.39, 0.29) is 24.4 Å². The Bertz CT molecular complexity index is 669. The Balaban J connectivity index is 0.00000338. The number of carbonyl (C=O) groups excluding carboxylic acids is 1. The quantitative estimate of drug-likeness (QED) is 0.348. The zero-order chi connectivity index (χ0) is 18.1. The minimum absolute atomic E-state index is 0. The number of carbonyl (C=O) groups is 1. The van der Waals surface area contributed by atoms with Gasteiger partial charge in [0.15, 0.2) is 0 Å². The van der Waals surface area contributed by atoms with Gasteiger partial charge in [-0.05, 0) is 31.2 Å². The molecule has 5 nitrogen and oxygen atoms in total. The molecule has 0 aliphatic carbocycles. The van der Waals surface area contributed by atoms with Crippen LogP contribution in [0.1, 0.15) is 17.3 Å². The Morgan fingerprint density at radius 1 is 0.962 bits per heavy atom. The van der Waals surface area contributed by atoms with Crippen molar-refractivity contribution in [1.29, 1.82) is 0 Å². The Kier molecular flexibility index (Phi) is 10.4. The number of methoxy groups -OCH3 is 2. The summed E-state index contributed by atoms with van der Waals surface area (Å²) >= 11 is 0. The molecule has 0 spiro atoms. The van der Waals surface area contributed by atoms with Crippen LogP contribution in [0.5, 0.6) is 17.2 Å². The van der Waals surface area contributed by atoms with E-state index >= 15 is 0 Å². The van der Waals surface area contributed by atoms with Gasteiger partial charge >= 0.3 is 18.9 Å². The average Bonchev–Trinajstić information content (AvgIpc) is 2.65. The second kappa shape index (κ2) is 12.0. The Morgan fingerprint density at radius 2 is 1.58 bits per heavy atom. The van der Waals surface area contributed by atoms with Crippen LogP contribution < -0.4 is 38.4 Å². The molecule has 26 heavy (non-hydrogen) atoms. The number of hydrogen-bond donors (Lipinski definition) is 0. The molecule has 2 aromatic rings. The molecular weight excluding hydrogens is 346 g/mol. The summed E-state index contributed by atoms with van der Waals surface area (Å²) in [4.78, 5) is 12.7. The zero-order valence-corrected chi connectivity index (χ0v) is 16.5. The van der Waals surface area contributed by atoms with Crippen molar-refractivity contribution in [1.82, 2.24) is 0 Å². The minimum Gasteiger partial charge on any atom is -0.496 e. The van der Waals surface area contributed by atoms with E-state index in [1.165, 1.54) is 14.2 Å². The van der Waals surface area contributed by atoms with Crippen LogP contribution >= 0.6 is 8.58 Å². The molecule has 0 saturated heterocycles. The molecular formula is C19H22LiO5P. The maximum atomic E-state index is 12.7. The van der Waals surface area contributed by atoms with E-state index in [1.54, 1.807) is 18.2 Å². The summed E-state index contributed by atoms with van der Waals surface area (Å²) in [6.45, 7) is 3.68. The third-order valence-corrected chi connectivity index (χ3v) is 4.39. The van der Waals surface area contributed by atoms with Gasteiger partial charge in [0.1, 0.15) is 23.9 Å². The number of benzene rings is 2. The standard InChI is InChI=1S/C19H22O5P.Li/c1-4-23-12-13-24-14-8-10-15(11-9-14)25-19(20)18-16(21-2)6-5-7-17(18)22-3;/h5-11H,4,12-13H2,1-3H3;/q-1;+1. The molecule has 0 heterocycles. The van der Waals surface area contributed by atoms with Gasteiger partial charge in [0.05, 0.1) is 26.4 Å². The minimum atomic E-state index is -0.0840. The Hall–Kier alpha value is -1.50. The molecule has 2 rings (SSSR count). The van der Waals surface area contributed by atoms with E-state index in [9.17, 15) is 4.79 Å². The monoisotopic (exact) mass is 368 g/mol. The van der Waals surface area contributed by atoms with Crippen LogP contribution in [0.25, 0.3) is 0 Å². The molecule has 2 aromatic carbocycles. The first-order chi connectivity index (χ1) is 12.2. The van der Waals surface area contributed by atoms with Crippen LogP contribution in [0, 0.1) is 0 Å². The Morgan fingerprint density at radius 3 is 2.12 bits per heavy atom. The van der Waals surface area contributed by atoms with Crippen LogP contribution in [0.4, 0.5) is 0 Å². The largest absolute Gasteiger partial charge is 1.00 e. The number of ether oxygens (including phenoxy) is 4. The van der Waals surface area contributed by atoms with Crippen LogP contribution in [0.2, 0.25) is 0 Å². The fraction of sp³-hybridized carbons (Fsp3) is 0.316. The van der Waals surface area contributed by atoms with Gasteiger partial charge in [-0.15, -0.1) is 0 Å². The van der Waals surface area contributed by atoms with E-state index < -0.39 is 0 Å². The van der Waals surface area contributed by atoms with Gasteiger partial charge in [-0.1, -0.05) is 18.2 Å². The molecule has 0 radical (unpaired) electrons. The number of rotatable bonds is 10. The summed E-state index contributed by atoms with van der Waals surface area (Å²) in [6, 6.07) is 12.7. The molecule has 0 aliphatic rings. The zero-order valence-electron chi connectivity index (χ0n) is 15.7. The van der Waals surface area contributed by atoms with Crippen molar-refractivity contribution < 1.29 is 42.6 Å². The van der Waals surface area contributed by atoms with Crippen molar-refractivity contribution in [2.45, 2.75) is 6.92 Å². The normalized spacial score (nSPS) is 10.4. The summed E-state index contributed by atoms with van der Waals surface area (Å²) in [5.41, 5.74) is 0.366. The molecule has 0 unspecified atom stereocenters. The van der Waals surface area contributed by atoms with E-state index in [1.807, 2.05) is 31.2 Å². The molecule has 0 amide bonds. The van der Waals surface area contributed by atoms with Crippen molar-refractivity contribution in [3.05, 3.63) is 48.0 Å². The van der Waals surface area contributed by atoms with Crippen LogP contribution in [-0.2, 0) is 4.74 Å². The molecule has 0 bridgehead atoms. The van der Waals surface area contributed by atoms with Crippen molar-refractivity contribution in [3.63, 3.8) is 0 Å². The summed E-state index contributed by atoms with van der Waals surface area (Å²) < 4.78 is 21.4. The first kappa shape index (κ1) is 22.5. The smallest absolute Gasteiger partial charge is 0.496 e. The molecule has 0 aliphatic heterocycles. The van der Waals surface area contributed by atoms with E-state index in [2.05, 4.69) is 0 Å². The summed E-state index contributed by atoms with van der Waals surface area (Å²) in [7, 11) is 3.62. The van der Waals surface area contributed by atoms with E-state index in [4.69, 9.17) is 18.9 Å². The topological polar surface area (TPSA) is 54.0 Å². The van der Waals surface area contributed by atoms with Gasteiger partial charge in [0.2, 0.25) is 0 Å². The SMILES string of the molecule is CCOCCOc1ccc([P-]C(=O)c2c(OC)cccc2OC)cc1.[Li+]. The van der Waals surface area contributed by atoms with Gasteiger partial charge in [-0.2, -0.15) is 5.30 Å². The van der Waals surface area contributed by atoms with Crippen molar-refractivity contribution in [2.24, 2.45) is 0 Å². The summed E-state index contributed by atoms with van der Waals surface area (Å²) in [6.07, 6.45) is 0. The predicted molar refractivity (Wildman–Crippen MR) is 98.9 cm³/mol. The molecule has 0 saturated carbocycles. The van der Waals surface area contributed by atoms with E-state index in [0.717, 1.165) is 11.1 Å². The van der Waals surface area contributed by atoms with Gasteiger partial charge in [-0.25, -0.2) is 0 Å². The summed E-state index contributed by atoms with van der Waals surface area (Å²) in [5, 5.41) is 0.870. The fourth-order valence-corrected chi connectivity index (χ4v) is 3.08. The van der Waals surface area contributed by atoms with Gasteiger partial charge in [-0.3, -0.25) is 0 Å². The molecule has 7 heteroatoms. The van der Waals surface area contributed by atoms with Crippen LogP contribution in [0.15, 0.2) is 42.5 Å². The van der Waals surface area contributed by atoms with Gasteiger partial charge in [0.25, 0.3) is 0 Å². The van der Waals surface area contributed by atoms with E-state index in [0.29, 0.717) is 45.5 Å². The van der Waals surface area contributed by atoms with Crippen molar-refractivity contribution >= 4 is 19.4 Å². The first-order valence-corrected chi connectivity index (χ1v) is 8.86. The van der Waals surface area contributed by atoms with Crippen LogP contribution in [0.3, 0.4) is 0 Å². The van der Waals surface area contributed by atoms with Gasteiger partial charge < -0.3 is 32.3 Å². The summed E-state index contributed by atoms with van der Waals surface area (Å²) in [5.74, 6) is 1.77. The predicted octanol–water partition coefficient (Wildman–Crippen LogP) is 0.535. The molecule has 0 aromatic heterocycles.